The van der Waals surface area contributed by atoms with E-state index in [1.54, 1.807) is 7.11 Å². The molecule has 3 rings (SSSR count). The van der Waals surface area contributed by atoms with E-state index in [2.05, 4.69) is 34.1 Å². The van der Waals surface area contributed by atoms with E-state index in [0.717, 1.165) is 50.6 Å². The van der Waals surface area contributed by atoms with Gasteiger partial charge in [-0.1, -0.05) is 18.2 Å². The Morgan fingerprint density at radius 2 is 1.65 bits per heavy atom. The van der Waals surface area contributed by atoms with Crippen molar-refractivity contribution < 1.29 is 4.74 Å². The van der Waals surface area contributed by atoms with Crippen molar-refractivity contribution in [1.82, 2.24) is 4.90 Å². The number of methoxy groups -OCH3 is 1. The topological polar surface area (TPSA) is 41.7 Å². The summed E-state index contributed by atoms with van der Waals surface area (Å²) in [5, 5.41) is 0. The van der Waals surface area contributed by atoms with Gasteiger partial charge in [-0.2, -0.15) is 0 Å². The van der Waals surface area contributed by atoms with Crippen molar-refractivity contribution in [2.24, 2.45) is 0 Å². The summed E-state index contributed by atoms with van der Waals surface area (Å²) in [6, 6.07) is 16.5. The molecular weight excluding hydrogens is 286 g/mol. The molecule has 2 aromatic rings. The molecule has 0 atom stereocenters. The van der Waals surface area contributed by atoms with Crippen molar-refractivity contribution in [3.05, 3.63) is 54.1 Å². The summed E-state index contributed by atoms with van der Waals surface area (Å²) in [6.07, 6.45) is 1.02. The molecule has 0 saturated carbocycles. The largest absolute Gasteiger partial charge is 0.497 e. The lowest BCUT2D eigenvalue weighted by Crippen LogP contribution is -2.47. The van der Waals surface area contributed by atoms with Gasteiger partial charge in [0.2, 0.25) is 0 Å². The van der Waals surface area contributed by atoms with Crippen LogP contribution in [-0.2, 0) is 6.42 Å². The minimum Gasteiger partial charge on any atom is -0.497 e. The highest BCUT2D eigenvalue weighted by molar-refractivity contribution is 5.49. The van der Waals surface area contributed by atoms with Gasteiger partial charge < -0.3 is 15.4 Å². The summed E-state index contributed by atoms with van der Waals surface area (Å²) >= 11 is 0. The lowest BCUT2D eigenvalue weighted by Gasteiger charge is -2.36. The Bertz CT molecular complexity index is 619. The van der Waals surface area contributed by atoms with Gasteiger partial charge in [0.25, 0.3) is 0 Å². The molecule has 1 aliphatic heterocycles. The SMILES string of the molecule is COc1ccc(N2CCN(CCc3ccccc3N)CC2)cc1. The molecule has 2 aromatic carbocycles. The van der Waals surface area contributed by atoms with Crippen LogP contribution in [-0.4, -0.2) is 44.7 Å². The van der Waals surface area contributed by atoms with Gasteiger partial charge in [0.05, 0.1) is 7.11 Å². The quantitative estimate of drug-likeness (QED) is 0.862. The Kier molecular flexibility index (Phi) is 5.03. The van der Waals surface area contributed by atoms with Crippen molar-refractivity contribution in [3.63, 3.8) is 0 Å². The molecular formula is C19H25N3O. The molecule has 1 aliphatic rings. The van der Waals surface area contributed by atoms with Crippen molar-refractivity contribution >= 4 is 11.4 Å². The number of anilines is 2. The molecule has 1 heterocycles. The van der Waals surface area contributed by atoms with E-state index < -0.39 is 0 Å². The molecule has 122 valence electrons. The van der Waals surface area contributed by atoms with Crippen LogP contribution in [0.1, 0.15) is 5.56 Å². The van der Waals surface area contributed by atoms with Crippen LogP contribution < -0.4 is 15.4 Å². The second-order valence-corrected chi connectivity index (χ2v) is 5.98. The lowest BCUT2D eigenvalue weighted by molar-refractivity contribution is 0.261. The van der Waals surface area contributed by atoms with Crippen LogP contribution in [0.15, 0.2) is 48.5 Å². The maximum Gasteiger partial charge on any atom is 0.119 e. The van der Waals surface area contributed by atoms with E-state index in [0.29, 0.717) is 0 Å². The number of nitrogen functional groups attached to an aromatic ring is 1. The van der Waals surface area contributed by atoms with Gasteiger partial charge in [0, 0.05) is 44.1 Å². The number of nitrogens with two attached hydrogens (primary N) is 1. The molecule has 1 saturated heterocycles. The van der Waals surface area contributed by atoms with Crippen LogP contribution >= 0.6 is 0 Å². The highest BCUT2D eigenvalue weighted by Gasteiger charge is 2.17. The van der Waals surface area contributed by atoms with Crippen molar-refractivity contribution in [3.8, 4) is 5.75 Å². The summed E-state index contributed by atoms with van der Waals surface area (Å²) in [4.78, 5) is 4.96. The zero-order chi connectivity index (χ0) is 16.1. The van der Waals surface area contributed by atoms with Crippen LogP contribution in [0.2, 0.25) is 0 Å². The molecule has 2 N–H and O–H groups in total. The van der Waals surface area contributed by atoms with E-state index in [1.165, 1.54) is 11.3 Å². The first-order chi connectivity index (χ1) is 11.3. The molecule has 1 fully saturated rings. The smallest absolute Gasteiger partial charge is 0.119 e. The van der Waals surface area contributed by atoms with Gasteiger partial charge in [-0.3, -0.25) is 4.90 Å². The number of hydrogen-bond acceptors (Lipinski definition) is 4. The monoisotopic (exact) mass is 311 g/mol. The highest BCUT2D eigenvalue weighted by atomic mass is 16.5. The number of ether oxygens (including phenoxy) is 1. The second-order valence-electron chi connectivity index (χ2n) is 5.98. The fourth-order valence-electron chi connectivity index (χ4n) is 3.06. The fourth-order valence-corrected chi connectivity index (χ4v) is 3.06. The Morgan fingerprint density at radius 3 is 2.30 bits per heavy atom. The molecule has 0 unspecified atom stereocenters. The number of nitrogens with zero attached hydrogens (tertiary/aromatic N) is 2. The first kappa shape index (κ1) is 15.7. The summed E-state index contributed by atoms with van der Waals surface area (Å²) in [5.41, 5.74) is 9.46. The minimum atomic E-state index is 0.907. The zero-order valence-electron chi connectivity index (χ0n) is 13.7. The van der Waals surface area contributed by atoms with Gasteiger partial charge in [-0.05, 0) is 42.3 Å². The molecule has 0 radical (unpaired) electrons. The fraction of sp³-hybridized carbons (Fsp3) is 0.368. The number of benzene rings is 2. The van der Waals surface area contributed by atoms with E-state index in [4.69, 9.17) is 10.5 Å². The number of rotatable bonds is 5. The van der Waals surface area contributed by atoms with Gasteiger partial charge in [0.1, 0.15) is 5.75 Å². The van der Waals surface area contributed by atoms with Crippen LogP contribution in [0.3, 0.4) is 0 Å². The van der Waals surface area contributed by atoms with Crippen LogP contribution in [0.5, 0.6) is 5.75 Å². The predicted molar refractivity (Wildman–Crippen MR) is 96.2 cm³/mol. The first-order valence-corrected chi connectivity index (χ1v) is 8.21. The van der Waals surface area contributed by atoms with E-state index in [9.17, 15) is 0 Å². The van der Waals surface area contributed by atoms with Gasteiger partial charge in [-0.25, -0.2) is 0 Å². The summed E-state index contributed by atoms with van der Waals surface area (Å²) in [5.74, 6) is 0.910. The third-order valence-corrected chi connectivity index (χ3v) is 4.56. The normalized spacial score (nSPS) is 15.6. The van der Waals surface area contributed by atoms with Crippen molar-refractivity contribution in [2.75, 3.05) is 50.5 Å². The summed E-state index contributed by atoms with van der Waals surface area (Å²) in [7, 11) is 1.70. The minimum absolute atomic E-state index is 0.907. The Labute approximate surface area is 138 Å². The lowest BCUT2D eigenvalue weighted by atomic mass is 10.1. The third kappa shape index (κ3) is 3.96. The molecule has 0 aromatic heterocycles. The Balaban J connectivity index is 1.49. The number of piperazine rings is 1. The predicted octanol–water partition coefficient (Wildman–Crippen LogP) is 2.64. The maximum atomic E-state index is 6.02. The first-order valence-electron chi connectivity index (χ1n) is 8.21. The zero-order valence-corrected chi connectivity index (χ0v) is 13.7. The molecule has 23 heavy (non-hydrogen) atoms. The van der Waals surface area contributed by atoms with Crippen LogP contribution in [0.25, 0.3) is 0 Å². The molecule has 4 heteroatoms. The summed E-state index contributed by atoms with van der Waals surface area (Å²) in [6.45, 7) is 5.40. The molecule has 0 amide bonds. The average Bonchev–Trinajstić information content (AvgIpc) is 2.62. The van der Waals surface area contributed by atoms with Crippen molar-refractivity contribution in [1.29, 1.82) is 0 Å². The Morgan fingerprint density at radius 1 is 0.957 bits per heavy atom. The summed E-state index contributed by atoms with van der Waals surface area (Å²) < 4.78 is 5.22. The van der Waals surface area contributed by atoms with Gasteiger partial charge in [0.15, 0.2) is 0 Å². The van der Waals surface area contributed by atoms with Gasteiger partial charge >= 0.3 is 0 Å². The third-order valence-electron chi connectivity index (χ3n) is 4.56. The average molecular weight is 311 g/mol. The van der Waals surface area contributed by atoms with E-state index in [-0.39, 0.29) is 0 Å². The van der Waals surface area contributed by atoms with Crippen LogP contribution in [0, 0.1) is 0 Å². The van der Waals surface area contributed by atoms with Gasteiger partial charge in [-0.15, -0.1) is 0 Å². The standard InChI is InChI=1S/C19H25N3O/c1-23-18-8-6-17(7-9-18)22-14-12-21(13-15-22)11-10-16-4-2-3-5-19(16)20/h2-9H,10-15,20H2,1H3. The van der Waals surface area contributed by atoms with Crippen LogP contribution in [0.4, 0.5) is 11.4 Å². The maximum absolute atomic E-state index is 6.02. The number of para-hydroxylation sites is 1. The molecule has 0 aliphatic carbocycles. The molecule has 0 spiro atoms. The highest BCUT2D eigenvalue weighted by Crippen LogP contribution is 2.20. The second kappa shape index (κ2) is 7.38. The number of hydrogen-bond donors (Lipinski definition) is 1. The molecule has 0 bridgehead atoms. The molecule has 4 nitrogen and oxygen atoms in total. The van der Waals surface area contributed by atoms with E-state index >= 15 is 0 Å². The van der Waals surface area contributed by atoms with Crippen molar-refractivity contribution in [2.45, 2.75) is 6.42 Å². The Hall–Kier alpha value is -2.20. The van der Waals surface area contributed by atoms with E-state index in [1.807, 2.05) is 24.3 Å².